The van der Waals surface area contributed by atoms with Crippen LogP contribution in [0.25, 0.3) is 0 Å². The Hall–Kier alpha value is -0.610. The molecule has 1 rings (SSSR count). The molecule has 2 unspecified atom stereocenters. The van der Waals surface area contributed by atoms with Crippen molar-refractivity contribution in [2.75, 3.05) is 26.8 Å². The molecule has 12 heavy (non-hydrogen) atoms. The van der Waals surface area contributed by atoms with Gasteiger partial charge in [0, 0.05) is 0 Å². The van der Waals surface area contributed by atoms with Gasteiger partial charge in [0.15, 0.2) is 0 Å². The summed E-state index contributed by atoms with van der Waals surface area (Å²) in [6, 6.07) is 0. The van der Waals surface area contributed by atoms with Gasteiger partial charge < -0.3 is 15.2 Å². The fourth-order valence-electron chi connectivity index (χ4n) is 1.59. The number of carbonyl (C=O) groups is 1. The van der Waals surface area contributed by atoms with Crippen LogP contribution in [0.4, 0.5) is 0 Å². The molecule has 0 spiro atoms. The van der Waals surface area contributed by atoms with Crippen molar-refractivity contribution in [2.24, 2.45) is 11.8 Å². The maximum absolute atomic E-state index is 11.1. The maximum Gasteiger partial charge on any atom is 0.311 e. The molecule has 0 radical (unpaired) electrons. The fraction of sp³-hybridized carbons (Fsp3) is 0.875. The summed E-state index contributed by atoms with van der Waals surface area (Å²) in [5.74, 6) is -0.404. The zero-order chi connectivity index (χ0) is 8.97. The number of hydrogen-bond acceptors (Lipinski definition) is 4. The molecule has 70 valence electrons. The van der Waals surface area contributed by atoms with E-state index < -0.39 is 0 Å². The third kappa shape index (κ3) is 1.95. The zero-order valence-electron chi connectivity index (χ0n) is 7.25. The fourth-order valence-corrected chi connectivity index (χ4v) is 1.59. The molecule has 1 heterocycles. The summed E-state index contributed by atoms with van der Waals surface area (Å²) in [5.41, 5.74) is 0. The third-order valence-electron chi connectivity index (χ3n) is 2.37. The Morgan fingerprint density at radius 1 is 1.83 bits per heavy atom. The van der Waals surface area contributed by atoms with Crippen LogP contribution in [0.3, 0.4) is 0 Å². The minimum atomic E-state index is -0.343. The van der Waals surface area contributed by atoms with Crippen molar-refractivity contribution in [1.29, 1.82) is 0 Å². The summed E-state index contributed by atoms with van der Waals surface area (Å²) < 4.78 is 4.59. The minimum Gasteiger partial charge on any atom is -0.469 e. The largest absolute Gasteiger partial charge is 0.469 e. The molecule has 2 N–H and O–H groups in total. The van der Waals surface area contributed by atoms with Gasteiger partial charge in [0.1, 0.15) is 0 Å². The van der Waals surface area contributed by atoms with E-state index in [1.807, 2.05) is 0 Å². The number of ether oxygens (including phenoxy) is 1. The Morgan fingerprint density at radius 2 is 2.58 bits per heavy atom. The number of methoxy groups -OCH3 is 1. The highest BCUT2D eigenvalue weighted by Gasteiger charge is 2.30. The average Bonchev–Trinajstić information content (AvgIpc) is 2.58. The molecule has 4 nitrogen and oxygen atoms in total. The lowest BCUT2D eigenvalue weighted by atomic mass is 9.92. The topological polar surface area (TPSA) is 58.6 Å². The molecule has 0 aromatic rings. The van der Waals surface area contributed by atoms with Crippen LogP contribution in [0, 0.1) is 11.8 Å². The van der Waals surface area contributed by atoms with Gasteiger partial charge in [-0.1, -0.05) is 0 Å². The second-order valence-corrected chi connectivity index (χ2v) is 3.07. The molecule has 0 aromatic carbocycles. The summed E-state index contributed by atoms with van der Waals surface area (Å²) in [7, 11) is 1.35. The summed E-state index contributed by atoms with van der Waals surface area (Å²) in [6.45, 7) is 1.62. The Bertz CT molecular complexity index is 154. The van der Waals surface area contributed by atoms with Crippen LogP contribution in [0.5, 0.6) is 0 Å². The Balaban J connectivity index is 2.48. The molecule has 1 fully saturated rings. The van der Waals surface area contributed by atoms with Crippen LogP contribution in [0.15, 0.2) is 0 Å². The van der Waals surface area contributed by atoms with E-state index in [-0.39, 0.29) is 24.4 Å². The van der Waals surface area contributed by atoms with Crippen molar-refractivity contribution in [1.82, 2.24) is 5.32 Å². The van der Waals surface area contributed by atoms with Gasteiger partial charge in [-0.2, -0.15) is 0 Å². The number of nitrogens with one attached hydrogen (secondary N) is 1. The highest BCUT2D eigenvalue weighted by Crippen LogP contribution is 2.19. The molecule has 1 saturated heterocycles. The lowest BCUT2D eigenvalue weighted by Gasteiger charge is -2.17. The van der Waals surface area contributed by atoms with Gasteiger partial charge in [0.05, 0.1) is 19.6 Å². The lowest BCUT2D eigenvalue weighted by Crippen LogP contribution is -2.29. The Kier molecular flexibility index (Phi) is 3.49. The lowest BCUT2D eigenvalue weighted by molar-refractivity contribution is -0.148. The van der Waals surface area contributed by atoms with Crippen molar-refractivity contribution >= 4 is 5.97 Å². The van der Waals surface area contributed by atoms with E-state index in [2.05, 4.69) is 10.1 Å². The number of aliphatic hydroxyl groups is 1. The summed E-state index contributed by atoms with van der Waals surface area (Å²) in [5, 5.41) is 12.1. The summed E-state index contributed by atoms with van der Waals surface area (Å²) in [4.78, 5) is 11.1. The molecule has 0 aliphatic carbocycles. The molecule has 0 bridgehead atoms. The highest BCUT2D eigenvalue weighted by atomic mass is 16.5. The smallest absolute Gasteiger partial charge is 0.311 e. The van der Waals surface area contributed by atoms with E-state index in [4.69, 9.17) is 5.11 Å². The molecule has 2 atom stereocenters. The molecule has 0 amide bonds. The number of esters is 1. The maximum atomic E-state index is 11.1. The van der Waals surface area contributed by atoms with Crippen LogP contribution in [0.1, 0.15) is 6.42 Å². The second kappa shape index (κ2) is 4.42. The van der Waals surface area contributed by atoms with E-state index in [9.17, 15) is 4.79 Å². The molecule has 1 aliphatic heterocycles. The number of hydrogen-bond donors (Lipinski definition) is 2. The van der Waals surface area contributed by atoms with Gasteiger partial charge in [-0.25, -0.2) is 0 Å². The summed E-state index contributed by atoms with van der Waals surface area (Å²) in [6.07, 6.45) is 0.945. The normalized spacial score (nSPS) is 25.3. The second-order valence-electron chi connectivity index (χ2n) is 3.07. The molecule has 0 aromatic heterocycles. The number of carbonyl (C=O) groups excluding carboxylic acids is 1. The molecule has 4 heteroatoms. The Morgan fingerprint density at radius 3 is 3.00 bits per heavy atom. The van der Waals surface area contributed by atoms with E-state index in [1.54, 1.807) is 0 Å². The first-order valence-corrected chi connectivity index (χ1v) is 4.19. The van der Waals surface area contributed by atoms with Gasteiger partial charge in [-0.3, -0.25) is 4.79 Å². The molecular formula is C8H15NO3. The van der Waals surface area contributed by atoms with Gasteiger partial charge in [0.2, 0.25) is 0 Å². The standard InChI is InChI=1S/C8H15NO3/c1-12-8(11)7(5-10)6-2-3-9-4-6/h6-7,9-10H,2-5H2,1H3. The van der Waals surface area contributed by atoms with Crippen molar-refractivity contribution < 1.29 is 14.6 Å². The van der Waals surface area contributed by atoms with Crippen LogP contribution in [-0.2, 0) is 9.53 Å². The van der Waals surface area contributed by atoms with Crippen LogP contribution >= 0.6 is 0 Å². The first kappa shape index (κ1) is 9.48. The van der Waals surface area contributed by atoms with E-state index in [0.717, 1.165) is 19.5 Å². The van der Waals surface area contributed by atoms with Crippen LogP contribution < -0.4 is 5.32 Å². The van der Waals surface area contributed by atoms with E-state index in [0.29, 0.717) is 0 Å². The SMILES string of the molecule is COC(=O)C(CO)C1CCNC1. The Labute approximate surface area is 71.9 Å². The zero-order valence-corrected chi connectivity index (χ0v) is 7.25. The van der Waals surface area contributed by atoms with E-state index >= 15 is 0 Å². The van der Waals surface area contributed by atoms with Gasteiger partial charge >= 0.3 is 5.97 Å². The first-order valence-electron chi connectivity index (χ1n) is 4.19. The van der Waals surface area contributed by atoms with Crippen molar-refractivity contribution in [3.05, 3.63) is 0 Å². The van der Waals surface area contributed by atoms with Gasteiger partial charge in [-0.05, 0) is 25.4 Å². The predicted molar refractivity (Wildman–Crippen MR) is 43.6 cm³/mol. The third-order valence-corrected chi connectivity index (χ3v) is 2.37. The van der Waals surface area contributed by atoms with Crippen LogP contribution in [-0.4, -0.2) is 37.9 Å². The number of rotatable bonds is 3. The minimum absolute atomic E-state index is 0.112. The first-order chi connectivity index (χ1) is 5.79. The quantitative estimate of drug-likeness (QED) is 0.558. The predicted octanol–water partition coefficient (Wildman–Crippen LogP) is -0.623. The number of aliphatic hydroxyl groups excluding tert-OH is 1. The molecule has 0 saturated carbocycles. The average molecular weight is 173 g/mol. The summed E-state index contributed by atoms with van der Waals surface area (Å²) >= 11 is 0. The van der Waals surface area contributed by atoms with E-state index in [1.165, 1.54) is 7.11 Å². The van der Waals surface area contributed by atoms with Crippen LogP contribution in [0.2, 0.25) is 0 Å². The van der Waals surface area contributed by atoms with Gasteiger partial charge in [-0.15, -0.1) is 0 Å². The molecule has 1 aliphatic rings. The monoisotopic (exact) mass is 173 g/mol. The highest BCUT2D eigenvalue weighted by molar-refractivity contribution is 5.72. The van der Waals surface area contributed by atoms with Crippen molar-refractivity contribution in [3.63, 3.8) is 0 Å². The van der Waals surface area contributed by atoms with Crippen molar-refractivity contribution in [2.45, 2.75) is 6.42 Å². The molecular weight excluding hydrogens is 158 g/mol. The van der Waals surface area contributed by atoms with Gasteiger partial charge in [0.25, 0.3) is 0 Å². The van der Waals surface area contributed by atoms with Crippen molar-refractivity contribution in [3.8, 4) is 0 Å².